The molecule has 2 amide bonds. The van der Waals surface area contributed by atoms with Crippen molar-refractivity contribution < 1.29 is 19.1 Å². The highest BCUT2D eigenvalue weighted by molar-refractivity contribution is 9.10. The molecule has 3 aromatic heterocycles. The van der Waals surface area contributed by atoms with E-state index in [-0.39, 0.29) is 35.6 Å². The molecule has 1 aromatic carbocycles. The molecule has 3 N–H and O–H groups in total. The summed E-state index contributed by atoms with van der Waals surface area (Å²) in [7, 11) is 1.32. The molecule has 1 saturated heterocycles. The van der Waals surface area contributed by atoms with Crippen LogP contribution in [0.2, 0.25) is 0 Å². The number of aryl methyl sites for hydroxylation is 1. The minimum absolute atomic E-state index is 0.0176. The van der Waals surface area contributed by atoms with E-state index in [9.17, 15) is 14.4 Å². The van der Waals surface area contributed by atoms with Gasteiger partial charge in [-0.3, -0.25) is 9.59 Å². The Morgan fingerprint density at radius 1 is 1.23 bits per heavy atom. The van der Waals surface area contributed by atoms with Crippen molar-refractivity contribution in [3.8, 4) is 0 Å². The van der Waals surface area contributed by atoms with E-state index in [4.69, 9.17) is 10.5 Å². The van der Waals surface area contributed by atoms with E-state index in [0.717, 1.165) is 17.5 Å². The number of pyridine rings is 1. The van der Waals surface area contributed by atoms with Crippen LogP contribution < -0.4 is 11.1 Å². The number of nitrogen functional groups attached to an aromatic ring is 1. The first-order valence-corrected chi connectivity index (χ1v) is 13.3. The van der Waals surface area contributed by atoms with Crippen molar-refractivity contribution >= 4 is 67.3 Å². The highest BCUT2D eigenvalue weighted by atomic mass is 79.9. The first-order chi connectivity index (χ1) is 18.6. The number of methoxy groups -OCH3 is 1. The number of nitrogens with one attached hydrogen (secondary N) is 1. The summed E-state index contributed by atoms with van der Waals surface area (Å²) in [6, 6.07) is 8.03. The van der Waals surface area contributed by atoms with Gasteiger partial charge in [-0.1, -0.05) is 13.0 Å². The van der Waals surface area contributed by atoms with Crippen molar-refractivity contribution in [3.05, 3.63) is 52.4 Å². The minimum Gasteiger partial charge on any atom is -0.465 e. The van der Waals surface area contributed by atoms with Crippen LogP contribution in [0.5, 0.6) is 0 Å². The number of likely N-dealkylation sites (tertiary alicyclic amines) is 1. The Morgan fingerprint density at radius 2 is 2.03 bits per heavy atom. The Morgan fingerprint density at radius 3 is 2.77 bits per heavy atom. The lowest BCUT2D eigenvalue weighted by Gasteiger charge is -2.27. The Labute approximate surface area is 231 Å². The topological polar surface area (TPSA) is 145 Å². The number of hydrogen-bond donors (Lipinski definition) is 2. The lowest BCUT2D eigenvalue weighted by atomic mass is 10.0. The minimum atomic E-state index is -0.623. The maximum absolute atomic E-state index is 14.0. The number of hydrogen-bond acceptors (Lipinski definition) is 8. The third kappa shape index (κ3) is 4.10. The summed E-state index contributed by atoms with van der Waals surface area (Å²) in [6.07, 6.45) is 2.78. The number of piperidine rings is 1. The molecule has 6 rings (SSSR count). The van der Waals surface area contributed by atoms with Gasteiger partial charge >= 0.3 is 5.97 Å². The summed E-state index contributed by atoms with van der Waals surface area (Å²) >= 11 is 3.32. The fourth-order valence-electron chi connectivity index (χ4n) is 5.94. The van der Waals surface area contributed by atoms with Crippen LogP contribution >= 0.6 is 15.9 Å². The summed E-state index contributed by atoms with van der Waals surface area (Å²) in [6.45, 7) is 3.91. The number of nitrogens with zero attached hydrogens (tertiary/aromatic N) is 5. The second-order valence-corrected chi connectivity index (χ2v) is 11.3. The average molecular weight is 592 g/mol. The molecule has 0 radical (unpaired) electrons. The van der Waals surface area contributed by atoms with E-state index in [1.165, 1.54) is 13.4 Å². The number of aromatic nitrogens is 4. The fourth-order valence-corrected chi connectivity index (χ4v) is 6.28. The molecule has 4 aromatic rings. The van der Waals surface area contributed by atoms with Crippen LogP contribution in [0, 0.1) is 12.3 Å². The lowest BCUT2D eigenvalue weighted by molar-refractivity contribution is -0.138. The van der Waals surface area contributed by atoms with Gasteiger partial charge in [0.1, 0.15) is 40.8 Å². The molecule has 3 atom stereocenters. The molecule has 0 bridgehead atoms. The molecule has 4 heterocycles. The van der Waals surface area contributed by atoms with Crippen LogP contribution in [-0.2, 0) is 20.9 Å². The highest BCUT2D eigenvalue weighted by Gasteiger charge is 2.64. The zero-order chi connectivity index (χ0) is 27.6. The Balaban J connectivity index is 1.38. The van der Waals surface area contributed by atoms with Crippen molar-refractivity contribution in [1.29, 1.82) is 0 Å². The number of anilines is 2. The maximum atomic E-state index is 14.0. The normalized spacial score (nSPS) is 21.7. The van der Waals surface area contributed by atoms with Crippen molar-refractivity contribution in [2.45, 2.75) is 45.3 Å². The van der Waals surface area contributed by atoms with Gasteiger partial charge in [-0.2, -0.15) is 0 Å². The van der Waals surface area contributed by atoms with Crippen molar-refractivity contribution in [2.24, 2.45) is 5.41 Å². The van der Waals surface area contributed by atoms with Crippen LogP contribution in [0.3, 0.4) is 0 Å². The average Bonchev–Trinajstić information content (AvgIpc) is 3.29. The van der Waals surface area contributed by atoms with Crippen LogP contribution in [0.1, 0.15) is 35.7 Å². The van der Waals surface area contributed by atoms with Crippen molar-refractivity contribution in [2.75, 3.05) is 18.2 Å². The lowest BCUT2D eigenvalue weighted by Crippen LogP contribution is -2.46. The van der Waals surface area contributed by atoms with E-state index in [2.05, 4.69) is 43.1 Å². The van der Waals surface area contributed by atoms with Gasteiger partial charge in [0.25, 0.3) is 0 Å². The number of rotatable bonds is 5. The number of carbonyl (C=O) groups is 3. The van der Waals surface area contributed by atoms with Gasteiger partial charge in [0.15, 0.2) is 0 Å². The van der Waals surface area contributed by atoms with Gasteiger partial charge < -0.3 is 25.3 Å². The molecular formula is C27H26BrN7O4. The SMILES string of the molecule is COC(=O)c1cc(C)c2c(c1)c1c(N)ncnc1n2CC(=O)N1[C@H](C(=O)Nc2cccc(Br)n2)C[C@@]2(C)C[C@@H]12. The monoisotopic (exact) mass is 591 g/mol. The molecule has 0 spiro atoms. The summed E-state index contributed by atoms with van der Waals surface area (Å²) in [4.78, 5) is 54.2. The smallest absolute Gasteiger partial charge is 0.337 e. The number of esters is 1. The number of fused-ring (bicyclic) bond motifs is 4. The Hall–Kier alpha value is -4.06. The van der Waals surface area contributed by atoms with Crippen molar-refractivity contribution in [1.82, 2.24) is 24.4 Å². The van der Waals surface area contributed by atoms with E-state index < -0.39 is 12.0 Å². The number of amides is 2. The predicted molar refractivity (Wildman–Crippen MR) is 148 cm³/mol. The van der Waals surface area contributed by atoms with Gasteiger partial charge in [-0.05, 0) is 70.9 Å². The Kier molecular flexibility index (Phi) is 5.83. The number of nitrogens with two attached hydrogens (primary N) is 1. The van der Waals surface area contributed by atoms with E-state index in [1.807, 2.05) is 6.92 Å². The second-order valence-electron chi connectivity index (χ2n) is 10.5. The molecule has 39 heavy (non-hydrogen) atoms. The van der Waals surface area contributed by atoms with Gasteiger partial charge in [0.2, 0.25) is 11.8 Å². The van der Waals surface area contributed by atoms with Crippen LogP contribution in [0.4, 0.5) is 11.6 Å². The van der Waals surface area contributed by atoms with Crippen LogP contribution in [0.15, 0.2) is 41.3 Å². The van der Waals surface area contributed by atoms with Gasteiger partial charge in [-0.25, -0.2) is 19.7 Å². The van der Waals surface area contributed by atoms with Crippen molar-refractivity contribution in [3.63, 3.8) is 0 Å². The molecule has 200 valence electrons. The molecule has 2 aliphatic rings. The second kappa shape index (κ2) is 9.01. The van der Waals surface area contributed by atoms with Gasteiger partial charge in [-0.15, -0.1) is 0 Å². The van der Waals surface area contributed by atoms with E-state index >= 15 is 0 Å². The molecule has 11 nitrogen and oxygen atoms in total. The number of benzene rings is 1. The summed E-state index contributed by atoms with van der Waals surface area (Å²) in [5.74, 6) is -0.288. The summed E-state index contributed by atoms with van der Waals surface area (Å²) in [5.41, 5.74) is 8.47. The maximum Gasteiger partial charge on any atom is 0.337 e. The van der Waals surface area contributed by atoms with Crippen LogP contribution in [0.25, 0.3) is 21.9 Å². The summed E-state index contributed by atoms with van der Waals surface area (Å²) in [5, 5.41) is 4.08. The molecule has 1 aliphatic carbocycles. The number of halogens is 1. The van der Waals surface area contributed by atoms with Gasteiger partial charge in [0, 0.05) is 11.4 Å². The summed E-state index contributed by atoms with van der Waals surface area (Å²) < 4.78 is 7.32. The highest BCUT2D eigenvalue weighted by Crippen LogP contribution is 2.59. The standard InChI is InChI=1S/C27H26BrN7O4/c1-13-7-14(26(38)39-3)8-15-21-23(29)30-12-31-24(21)34(22(13)15)11-20(36)35-16(9-27(2)10-17(27)35)25(37)33-19-6-4-5-18(28)32-19/h4-8,12,16-17H,9-11H2,1-3H3,(H2,29,30,31)(H,32,33,37)/t16-,17+,27-/m0/s1. The predicted octanol–water partition coefficient (Wildman–Crippen LogP) is 3.44. The zero-order valence-corrected chi connectivity index (χ0v) is 23.2. The van der Waals surface area contributed by atoms with Gasteiger partial charge in [0.05, 0.1) is 23.6 Å². The first kappa shape index (κ1) is 25.2. The third-order valence-corrected chi connectivity index (χ3v) is 8.30. The molecule has 0 unspecified atom stereocenters. The van der Waals surface area contributed by atoms with E-state index in [0.29, 0.717) is 38.8 Å². The molecular weight excluding hydrogens is 566 g/mol. The van der Waals surface area contributed by atoms with Crippen LogP contribution in [-0.4, -0.2) is 61.4 Å². The molecule has 1 saturated carbocycles. The van der Waals surface area contributed by atoms with E-state index in [1.54, 1.807) is 39.8 Å². The number of ether oxygens (including phenoxy) is 1. The first-order valence-electron chi connectivity index (χ1n) is 12.5. The molecule has 2 fully saturated rings. The largest absolute Gasteiger partial charge is 0.465 e. The fraction of sp³-hybridized carbons (Fsp3) is 0.333. The molecule has 1 aliphatic heterocycles. The molecule has 12 heteroatoms. The zero-order valence-electron chi connectivity index (χ0n) is 21.6. The third-order valence-electron chi connectivity index (χ3n) is 7.86. The Bertz CT molecular complexity index is 1700. The number of carbonyl (C=O) groups excluding carboxylic acids is 3. The quantitative estimate of drug-likeness (QED) is 0.265.